The Morgan fingerprint density at radius 2 is 1.85 bits per heavy atom. The second-order valence-electron chi connectivity index (χ2n) is 5.90. The van der Waals surface area contributed by atoms with Gasteiger partial charge in [-0.05, 0) is 30.2 Å². The van der Waals surface area contributed by atoms with Crippen molar-refractivity contribution in [2.75, 3.05) is 11.4 Å². The summed E-state index contributed by atoms with van der Waals surface area (Å²) < 4.78 is 0. The maximum Gasteiger partial charge on any atom is 0.251 e. The fraction of sp³-hybridized carbons (Fsp3) is 0.208. The van der Waals surface area contributed by atoms with Crippen LogP contribution in [0.1, 0.15) is 37.3 Å². The van der Waals surface area contributed by atoms with E-state index in [0.717, 1.165) is 36.1 Å². The van der Waals surface area contributed by atoms with Crippen molar-refractivity contribution in [3.8, 4) is 11.8 Å². The van der Waals surface area contributed by atoms with Crippen LogP contribution >= 0.6 is 0 Å². The number of carbonyl (C=O) groups is 1. The van der Waals surface area contributed by atoms with E-state index < -0.39 is 0 Å². The van der Waals surface area contributed by atoms with Gasteiger partial charge in [0.15, 0.2) is 0 Å². The third-order valence-electron chi connectivity index (χ3n) is 3.87. The van der Waals surface area contributed by atoms with Crippen molar-refractivity contribution in [3.63, 3.8) is 0 Å². The Bertz CT molecular complexity index is 809. The van der Waals surface area contributed by atoms with Crippen LogP contribution in [-0.4, -0.2) is 12.5 Å². The highest BCUT2D eigenvalue weighted by Crippen LogP contribution is 2.20. The summed E-state index contributed by atoms with van der Waals surface area (Å²) in [7, 11) is 0. The Morgan fingerprint density at radius 1 is 1.12 bits per heavy atom. The summed E-state index contributed by atoms with van der Waals surface area (Å²) in [6, 6.07) is 17.6. The van der Waals surface area contributed by atoms with E-state index in [0.29, 0.717) is 6.54 Å². The Kier molecular flexibility index (Phi) is 7.96. The van der Waals surface area contributed by atoms with Crippen molar-refractivity contribution < 1.29 is 4.79 Å². The zero-order chi connectivity index (χ0) is 18.6. The number of carbonyl (C=O) groups excluding carboxylic acids is 1. The average molecular weight is 343 g/mol. The van der Waals surface area contributed by atoms with Gasteiger partial charge < -0.3 is 4.90 Å². The van der Waals surface area contributed by atoms with Gasteiger partial charge in [-0.25, -0.2) is 0 Å². The predicted octanol–water partition coefficient (Wildman–Crippen LogP) is 5.46. The molecule has 0 atom stereocenters. The van der Waals surface area contributed by atoms with E-state index in [1.807, 2.05) is 60.7 Å². The Hall–Kier alpha value is -3.05. The van der Waals surface area contributed by atoms with Gasteiger partial charge in [-0.1, -0.05) is 73.7 Å². The van der Waals surface area contributed by atoms with E-state index in [1.54, 1.807) is 17.1 Å². The molecule has 0 spiro atoms. The maximum atomic E-state index is 12.8. The van der Waals surface area contributed by atoms with E-state index in [1.165, 1.54) is 0 Å². The Balaban J connectivity index is 2.25. The number of rotatable bonds is 7. The highest BCUT2D eigenvalue weighted by atomic mass is 16.2. The first-order valence-corrected chi connectivity index (χ1v) is 8.99. The topological polar surface area (TPSA) is 20.3 Å². The molecule has 26 heavy (non-hydrogen) atoms. The molecule has 0 unspecified atom stereocenters. The summed E-state index contributed by atoms with van der Waals surface area (Å²) in [4.78, 5) is 14.5. The fourth-order valence-corrected chi connectivity index (χ4v) is 2.50. The third kappa shape index (κ3) is 5.79. The molecule has 0 aromatic heterocycles. The molecule has 2 aromatic carbocycles. The molecule has 0 saturated carbocycles. The van der Waals surface area contributed by atoms with Crippen molar-refractivity contribution in [1.82, 2.24) is 0 Å². The first kappa shape index (κ1) is 19.3. The van der Waals surface area contributed by atoms with Crippen molar-refractivity contribution in [3.05, 3.63) is 84.5 Å². The molecular weight excluding hydrogens is 318 g/mol. The van der Waals surface area contributed by atoms with Gasteiger partial charge in [-0.15, -0.1) is 6.58 Å². The number of amides is 1. The minimum absolute atomic E-state index is 0.0865. The van der Waals surface area contributed by atoms with Crippen molar-refractivity contribution in [2.24, 2.45) is 0 Å². The lowest BCUT2D eigenvalue weighted by Crippen LogP contribution is -2.30. The van der Waals surface area contributed by atoms with E-state index in [4.69, 9.17) is 0 Å². The molecule has 0 aliphatic rings. The number of para-hydroxylation sites is 1. The molecule has 2 nitrogen and oxygen atoms in total. The molecule has 0 aliphatic heterocycles. The zero-order valence-corrected chi connectivity index (χ0v) is 15.3. The van der Waals surface area contributed by atoms with Crippen LogP contribution in [0.25, 0.3) is 6.08 Å². The van der Waals surface area contributed by atoms with Crippen LogP contribution in [0.4, 0.5) is 5.69 Å². The smallest absolute Gasteiger partial charge is 0.251 e. The van der Waals surface area contributed by atoms with Crippen LogP contribution in [0.15, 0.2) is 73.3 Å². The average Bonchev–Trinajstić information content (AvgIpc) is 2.69. The van der Waals surface area contributed by atoms with Crippen LogP contribution in [-0.2, 0) is 4.79 Å². The number of nitrogens with zero attached hydrogens (tertiary/aromatic N) is 1. The lowest BCUT2D eigenvalue weighted by atomic mass is 10.1. The molecule has 2 rings (SSSR count). The quantitative estimate of drug-likeness (QED) is 0.283. The molecule has 0 bridgehead atoms. The van der Waals surface area contributed by atoms with Gasteiger partial charge in [0.25, 0.3) is 5.91 Å². The van der Waals surface area contributed by atoms with Crippen LogP contribution in [0, 0.1) is 11.8 Å². The molecular formula is C24H25NO. The first-order valence-electron chi connectivity index (χ1n) is 8.99. The first-order chi connectivity index (χ1) is 12.8. The molecule has 1 amide bonds. The monoisotopic (exact) mass is 343 g/mol. The molecule has 2 aromatic rings. The summed E-state index contributed by atoms with van der Waals surface area (Å²) in [6.07, 6.45) is 8.24. The largest absolute Gasteiger partial charge is 0.304 e. The summed E-state index contributed by atoms with van der Waals surface area (Å²) in [6.45, 7) is 6.38. The summed E-state index contributed by atoms with van der Waals surface area (Å²) in [5, 5.41) is 0. The van der Waals surface area contributed by atoms with Crippen molar-refractivity contribution in [1.29, 1.82) is 0 Å². The fourth-order valence-electron chi connectivity index (χ4n) is 2.50. The molecule has 0 fully saturated rings. The number of hydrogen-bond donors (Lipinski definition) is 0. The lowest BCUT2D eigenvalue weighted by Gasteiger charge is -2.21. The molecule has 0 saturated heterocycles. The molecule has 0 aliphatic carbocycles. The third-order valence-corrected chi connectivity index (χ3v) is 3.87. The van der Waals surface area contributed by atoms with Gasteiger partial charge in [0, 0.05) is 24.6 Å². The molecule has 2 heteroatoms. The summed E-state index contributed by atoms with van der Waals surface area (Å²) in [5.74, 6) is 6.33. The second kappa shape index (κ2) is 10.7. The lowest BCUT2D eigenvalue weighted by molar-refractivity contribution is -0.114. The van der Waals surface area contributed by atoms with Gasteiger partial charge in [-0.3, -0.25) is 4.79 Å². The minimum Gasteiger partial charge on any atom is -0.304 e. The molecule has 0 radical (unpaired) electrons. The predicted molar refractivity (Wildman–Crippen MR) is 111 cm³/mol. The van der Waals surface area contributed by atoms with Crippen LogP contribution in [0.5, 0.6) is 0 Å². The van der Waals surface area contributed by atoms with Crippen molar-refractivity contribution >= 4 is 17.7 Å². The number of hydrogen-bond acceptors (Lipinski definition) is 1. The normalized spacial score (nSPS) is 10.2. The molecule has 0 N–H and O–H groups in total. The van der Waals surface area contributed by atoms with Gasteiger partial charge >= 0.3 is 0 Å². The minimum atomic E-state index is -0.0865. The van der Waals surface area contributed by atoms with E-state index in [2.05, 4.69) is 25.3 Å². The van der Waals surface area contributed by atoms with E-state index in [9.17, 15) is 4.79 Å². The SMILES string of the molecule is C=CCN(C(=O)/C=C/c1ccccc1)c1ccccc1C#CCCCC. The second-order valence-corrected chi connectivity index (χ2v) is 5.90. The van der Waals surface area contributed by atoms with Crippen LogP contribution < -0.4 is 4.90 Å². The summed E-state index contributed by atoms with van der Waals surface area (Å²) in [5.41, 5.74) is 2.68. The Labute approximate surface area is 156 Å². The number of benzene rings is 2. The number of unbranched alkanes of at least 4 members (excludes halogenated alkanes) is 2. The van der Waals surface area contributed by atoms with E-state index in [-0.39, 0.29) is 5.91 Å². The summed E-state index contributed by atoms with van der Waals surface area (Å²) >= 11 is 0. The maximum absolute atomic E-state index is 12.8. The molecule has 0 heterocycles. The van der Waals surface area contributed by atoms with Crippen LogP contribution in [0.2, 0.25) is 0 Å². The number of anilines is 1. The van der Waals surface area contributed by atoms with Crippen LogP contribution in [0.3, 0.4) is 0 Å². The highest BCUT2D eigenvalue weighted by Gasteiger charge is 2.14. The van der Waals surface area contributed by atoms with Gasteiger partial charge in [0.1, 0.15) is 0 Å². The standard InChI is InChI=1S/C24H25NO/c1-3-5-6-10-15-22-16-11-12-17-23(22)25(20-4-2)24(26)19-18-21-13-8-7-9-14-21/h4,7-9,11-14,16-19H,2-3,5-6,20H2,1H3/b19-18+. The highest BCUT2D eigenvalue weighted by molar-refractivity contribution is 6.04. The zero-order valence-electron chi connectivity index (χ0n) is 15.3. The molecule has 132 valence electrons. The van der Waals surface area contributed by atoms with Gasteiger partial charge in [0.2, 0.25) is 0 Å². The van der Waals surface area contributed by atoms with E-state index >= 15 is 0 Å². The van der Waals surface area contributed by atoms with Gasteiger partial charge in [-0.2, -0.15) is 0 Å². The Morgan fingerprint density at radius 3 is 2.58 bits per heavy atom. The van der Waals surface area contributed by atoms with Crippen molar-refractivity contribution in [2.45, 2.75) is 26.2 Å². The van der Waals surface area contributed by atoms with Gasteiger partial charge in [0.05, 0.1) is 5.69 Å².